The van der Waals surface area contributed by atoms with Gasteiger partial charge in [0.15, 0.2) is 0 Å². The number of benzene rings is 1. The second-order valence-electron chi connectivity index (χ2n) is 9.02. The van der Waals surface area contributed by atoms with Crippen molar-refractivity contribution in [3.05, 3.63) is 83.7 Å². The van der Waals surface area contributed by atoms with Gasteiger partial charge in [-0.25, -0.2) is 4.98 Å². The average molecular weight is 434 g/mol. The summed E-state index contributed by atoms with van der Waals surface area (Å²) in [7, 11) is 0. The van der Waals surface area contributed by atoms with Gasteiger partial charge in [-0.15, -0.1) is 0 Å². The number of carbonyl (C=O) groups is 2. The lowest BCUT2D eigenvalue weighted by Gasteiger charge is -2.38. The highest BCUT2D eigenvalue weighted by atomic mass is 16.3. The number of aromatic nitrogens is 3. The van der Waals surface area contributed by atoms with Crippen molar-refractivity contribution < 1.29 is 14.7 Å². The van der Waals surface area contributed by atoms with Gasteiger partial charge in [-0.1, -0.05) is 30.3 Å². The molecule has 3 aromatic rings. The summed E-state index contributed by atoms with van der Waals surface area (Å²) in [4.78, 5) is 39.8. The zero-order valence-corrected chi connectivity index (χ0v) is 18.3. The van der Waals surface area contributed by atoms with Crippen LogP contribution in [0.4, 0.5) is 0 Å². The third-order valence-electron chi connectivity index (χ3n) is 5.45. The molecule has 1 aromatic carbocycles. The summed E-state index contributed by atoms with van der Waals surface area (Å²) in [5, 5.41) is 14.1. The maximum absolute atomic E-state index is 13.8. The Labute approximate surface area is 186 Å². The van der Waals surface area contributed by atoms with Gasteiger partial charge in [-0.2, -0.15) is 0 Å². The number of amides is 2. The van der Waals surface area contributed by atoms with Crippen LogP contribution in [0.15, 0.2) is 61.3 Å². The molecule has 4 rings (SSSR count). The predicted molar refractivity (Wildman–Crippen MR) is 119 cm³/mol. The van der Waals surface area contributed by atoms with Gasteiger partial charge in [-0.3, -0.25) is 14.6 Å². The number of nitrogens with one attached hydrogen (secondary N) is 2. The van der Waals surface area contributed by atoms with E-state index < -0.39 is 29.6 Å². The van der Waals surface area contributed by atoms with Gasteiger partial charge >= 0.3 is 0 Å². The molecular weight excluding hydrogens is 406 g/mol. The Morgan fingerprint density at radius 3 is 2.59 bits per heavy atom. The van der Waals surface area contributed by atoms with Crippen LogP contribution in [0.3, 0.4) is 0 Å². The number of rotatable bonds is 5. The van der Waals surface area contributed by atoms with Gasteiger partial charge in [0.2, 0.25) is 5.91 Å². The highest BCUT2D eigenvalue weighted by Crippen LogP contribution is 2.41. The number of aliphatic hydroxyl groups excluding tert-OH is 1. The number of carbonyl (C=O) groups excluding carboxylic acids is 2. The van der Waals surface area contributed by atoms with Crippen LogP contribution in [0.5, 0.6) is 0 Å². The fourth-order valence-electron chi connectivity index (χ4n) is 4.22. The molecule has 166 valence electrons. The van der Waals surface area contributed by atoms with Crippen molar-refractivity contribution >= 4 is 11.8 Å². The van der Waals surface area contributed by atoms with Crippen molar-refractivity contribution in [2.75, 3.05) is 0 Å². The molecule has 8 heteroatoms. The van der Waals surface area contributed by atoms with Crippen LogP contribution >= 0.6 is 0 Å². The van der Waals surface area contributed by atoms with Crippen molar-refractivity contribution in [1.29, 1.82) is 0 Å². The first-order chi connectivity index (χ1) is 15.3. The maximum Gasteiger partial charge on any atom is 0.273 e. The van der Waals surface area contributed by atoms with Gasteiger partial charge in [0.05, 0.1) is 24.7 Å². The Morgan fingerprint density at radius 2 is 1.94 bits per heavy atom. The molecule has 0 fully saturated rings. The van der Waals surface area contributed by atoms with Gasteiger partial charge in [-0.05, 0) is 38.0 Å². The van der Waals surface area contributed by atoms with Crippen LogP contribution < -0.4 is 5.32 Å². The van der Waals surface area contributed by atoms with E-state index in [1.165, 1.54) is 17.4 Å². The van der Waals surface area contributed by atoms with E-state index in [-0.39, 0.29) is 11.6 Å². The standard InChI is InChI=1S/C24H27N5O3/c1-24(2,3)28-22(31)20(16-8-6-10-25-12-16)29(23(32)18-13-26-14-27-18)21-17-9-5-4-7-15(17)11-19(21)30/h4-10,12-14,19-21,30H,11H2,1-3H3,(H,26,27)(H,28,31)/t19-,20?,21-/m1/s1. The highest BCUT2D eigenvalue weighted by Gasteiger charge is 2.45. The number of H-pyrrole nitrogens is 1. The van der Waals surface area contributed by atoms with Crippen molar-refractivity contribution in [2.24, 2.45) is 0 Å². The number of aliphatic hydroxyl groups is 1. The normalized spacial score (nSPS) is 18.6. The van der Waals surface area contributed by atoms with E-state index in [4.69, 9.17) is 0 Å². The molecule has 0 saturated heterocycles. The average Bonchev–Trinajstić information content (AvgIpc) is 3.38. The zero-order chi connectivity index (χ0) is 22.9. The maximum atomic E-state index is 13.8. The summed E-state index contributed by atoms with van der Waals surface area (Å²) in [5.41, 5.74) is 2.04. The number of hydrogen-bond donors (Lipinski definition) is 3. The van der Waals surface area contributed by atoms with E-state index in [2.05, 4.69) is 20.3 Å². The minimum Gasteiger partial charge on any atom is -0.390 e. The third-order valence-corrected chi connectivity index (χ3v) is 5.45. The van der Waals surface area contributed by atoms with Crippen molar-refractivity contribution in [2.45, 2.75) is 50.9 Å². The molecule has 1 unspecified atom stereocenters. The molecule has 3 N–H and O–H groups in total. The molecular formula is C24H27N5O3. The van der Waals surface area contributed by atoms with Crippen LogP contribution in [0.2, 0.25) is 0 Å². The van der Waals surface area contributed by atoms with Gasteiger partial charge in [0, 0.05) is 29.9 Å². The molecule has 2 aromatic heterocycles. The molecule has 3 atom stereocenters. The number of nitrogens with zero attached hydrogens (tertiary/aromatic N) is 3. The van der Waals surface area contributed by atoms with Crippen molar-refractivity contribution in [3.8, 4) is 0 Å². The smallest absolute Gasteiger partial charge is 0.273 e. The Morgan fingerprint density at radius 1 is 1.16 bits per heavy atom. The Balaban J connectivity index is 1.88. The van der Waals surface area contributed by atoms with Crippen molar-refractivity contribution in [1.82, 2.24) is 25.2 Å². The van der Waals surface area contributed by atoms with Gasteiger partial charge in [0.1, 0.15) is 11.7 Å². The summed E-state index contributed by atoms with van der Waals surface area (Å²) >= 11 is 0. The molecule has 1 aliphatic rings. The third kappa shape index (κ3) is 4.27. The van der Waals surface area contributed by atoms with Crippen LogP contribution in [0.1, 0.15) is 60.0 Å². The first-order valence-corrected chi connectivity index (χ1v) is 10.5. The SMILES string of the molecule is CC(C)(C)NC(=O)C(c1cccnc1)N(C(=O)c1cnc[nH]1)[C@@H]1c2ccccc2C[C@H]1O. The molecule has 0 aliphatic heterocycles. The number of aromatic amines is 1. The van der Waals surface area contributed by atoms with Crippen LogP contribution in [0.25, 0.3) is 0 Å². The quantitative estimate of drug-likeness (QED) is 0.573. The first-order valence-electron chi connectivity index (χ1n) is 10.5. The summed E-state index contributed by atoms with van der Waals surface area (Å²) in [6.07, 6.45) is 5.56. The summed E-state index contributed by atoms with van der Waals surface area (Å²) in [5.74, 6) is -0.781. The second-order valence-corrected chi connectivity index (χ2v) is 9.02. The van der Waals surface area contributed by atoms with E-state index >= 15 is 0 Å². The summed E-state index contributed by atoms with van der Waals surface area (Å²) in [6, 6.07) is 9.38. The highest BCUT2D eigenvalue weighted by molar-refractivity contribution is 5.97. The van der Waals surface area contributed by atoms with E-state index in [9.17, 15) is 14.7 Å². The minimum atomic E-state index is -1.01. The Kier molecular flexibility index (Phi) is 5.80. The minimum absolute atomic E-state index is 0.235. The van der Waals surface area contributed by atoms with E-state index in [1.807, 2.05) is 45.0 Å². The first kappa shape index (κ1) is 21.7. The monoisotopic (exact) mass is 433 g/mol. The molecule has 0 saturated carbocycles. The number of hydrogen-bond acceptors (Lipinski definition) is 5. The second kappa shape index (κ2) is 8.55. The van der Waals surface area contributed by atoms with Crippen molar-refractivity contribution in [3.63, 3.8) is 0 Å². The predicted octanol–water partition coefficient (Wildman–Crippen LogP) is 2.56. The zero-order valence-electron chi connectivity index (χ0n) is 18.3. The molecule has 2 heterocycles. The summed E-state index contributed by atoms with van der Waals surface area (Å²) in [6.45, 7) is 5.64. The van der Waals surface area contributed by atoms with E-state index in [0.717, 1.165) is 11.1 Å². The lowest BCUT2D eigenvalue weighted by atomic mass is 9.97. The van der Waals surface area contributed by atoms with Crippen LogP contribution in [0, 0.1) is 0 Å². The molecule has 1 aliphatic carbocycles. The topological polar surface area (TPSA) is 111 Å². The summed E-state index contributed by atoms with van der Waals surface area (Å²) < 4.78 is 0. The van der Waals surface area contributed by atoms with Crippen LogP contribution in [-0.4, -0.2) is 48.4 Å². The van der Waals surface area contributed by atoms with E-state index in [1.54, 1.807) is 24.5 Å². The Bertz CT molecular complexity index is 1090. The number of imidazole rings is 1. The molecule has 2 amide bonds. The number of pyridine rings is 1. The van der Waals surface area contributed by atoms with Gasteiger partial charge in [0.25, 0.3) is 5.91 Å². The number of fused-ring (bicyclic) bond motifs is 1. The van der Waals surface area contributed by atoms with E-state index in [0.29, 0.717) is 12.0 Å². The lowest BCUT2D eigenvalue weighted by Crippen LogP contribution is -2.51. The molecule has 8 nitrogen and oxygen atoms in total. The largest absolute Gasteiger partial charge is 0.390 e. The molecule has 32 heavy (non-hydrogen) atoms. The molecule has 0 radical (unpaired) electrons. The lowest BCUT2D eigenvalue weighted by molar-refractivity contribution is -0.129. The van der Waals surface area contributed by atoms with Crippen LogP contribution in [-0.2, 0) is 11.2 Å². The fourth-order valence-corrected chi connectivity index (χ4v) is 4.22. The molecule has 0 spiro atoms. The van der Waals surface area contributed by atoms with Gasteiger partial charge < -0.3 is 20.3 Å². The fraction of sp³-hybridized carbons (Fsp3) is 0.333. The molecule has 0 bridgehead atoms. The Hall–Kier alpha value is -3.52.